The van der Waals surface area contributed by atoms with Crippen LogP contribution in [0, 0.1) is 0 Å². The van der Waals surface area contributed by atoms with Crippen molar-refractivity contribution in [1.82, 2.24) is 0 Å². The third kappa shape index (κ3) is 3.77. The summed E-state index contributed by atoms with van der Waals surface area (Å²) in [6, 6.07) is 10.3. The Morgan fingerprint density at radius 1 is 1.00 bits per heavy atom. The molecule has 0 fully saturated rings. The third-order valence-corrected chi connectivity index (χ3v) is 4.58. The van der Waals surface area contributed by atoms with Crippen LogP contribution in [-0.2, 0) is 14.8 Å². The molecule has 0 radical (unpaired) electrons. The van der Waals surface area contributed by atoms with Gasteiger partial charge >= 0.3 is 5.97 Å². The van der Waals surface area contributed by atoms with Crippen molar-refractivity contribution in [2.75, 3.05) is 26.1 Å². The minimum atomic E-state index is -3.93. The highest BCUT2D eigenvalue weighted by Crippen LogP contribution is 2.31. The average Bonchev–Trinajstić information content (AvgIpc) is 2.60. The first-order chi connectivity index (χ1) is 11.4. The number of anilines is 1. The van der Waals surface area contributed by atoms with Gasteiger partial charge in [0, 0.05) is 6.07 Å². The number of hydrogen-bond acceptors (Lipinski definition) is 6. The Labute approximate surface area is 140 Å². The van der Waals surface area contributed by atoms with Gasteiger partial charge in [-0.3, -0.25) is 4.72 Å². The molecular weight excluding hydrogens is 334 g/mol. The molecule has 2 aromatic carbocycles. The van der Waals surface area contributed by atoms with Crippen molar-refractivity contribution in [3.05, 3.63) is 48.0 Å². The van der Waals surface area contributed by atoms with Crippen molar-refractivity contribution in [1.29, 1.82) is 0 Å². The lowest BCUT2D eigenvalue weighted by Gasteiger charge is -2.13. The molecule has 0 aromatic heterocycles. The molecule has 0 spiro atoms. The number of carbonyl (C=O) groups excluding carboxylic acids is 1. The Morgan fingerprint density at radius 3 is 2.38 bits per heavy atom. The van der Waals surface area contributed by atoms with Crippen molar-refractivity contribution in [3.8, 4) is 11.5 Å². The van der Waals surface area contributed by atoms with Gasteiger partial charge in [-0.2, -0.15) is 0 Å². The van der Waals surface area contributed by atoms with E-state index in [0.717, 1.165) is 0 Å². The fourth-order valence-electron chi connectivity index (χ4n) is 2.01. The van der Waals surface area contributed by atoms with Gasteiger partial charge in [-0.1, -0.05) is 6.07 Å². The molecule has 2 rings (SSSR count). The Hall–Kier alpha value is -2.74. The number of methoxy groups -OCH3 is 3. The number of benzene rings is 2. The van der Waals surface area contributed by atoms with E-state index in [0.29, 0.717) is 11.5 Å². The molecule has 128 valence electrons. The van der Waals surface area contributed by atoms with Crippen molar-refractivity contribution in [2.24, 2.45) is 0 Å². The maximum atomic E-state index is 12.6. The van der Waals surface area contributed by atoms with Gasteiger partial charge in [-0.25, -0.2) is 13.2 Å². The van der Waals surface area contributed by atoms with Gasteiger partial charge in [0.05, 0.1) is 37.5 Å². The number of hydrogen-bond donors (Lipinski definition) is 1. The molecule has 0 aliphatic rings. The fraction of sp³-hybridized carbons (Fsp3) is 0.188. The summed E-state index contributed by atoms with van der Waals surface area (Å²) in [4.78, 5) is 11.5. The van der Waals surface area contributed by atoms with Crippen LogP contribution >= 0.6 is 0 Å². The molecule has 7 nitrogen and oxygen atoms in total. The lowest BCUT2D eigenvalue weighted by molar-refractivity contribution is 0.0600. The lowest BCUT2D eigenvalue weighted by Crippen LogP contribution is -2.14. The standard InChI is InChI=1S/C16H17NO6S/c1-21-12-7-8-15(22-2)14(10-12)17-24(19,20)13-6-4-5-11(9-13)16(18)23-3/h4-10,17H,1-3H3. The number of rotatable bonds is 6. The quantitative estimate of drug-likeness (QED) is 0.803. The number of ether oxygens (including phenoxy) is 3. The van der Waals surface area contributed by atoms with Gasteiger partial charge in [0.2, 0.25) is 0 Å². The number of sulfonamides is 1. The van der Waals surface area contributed by atoms with Crippen LogP contribution in [-0.4, -0.2) is 35.7 Å². The maximum absolute atomic E-state index is 12.6. The van der Waals surface area contributed by atoms with E-state index in [9.17, 15) is 13.2 Å². The molecule has 0 saturated heterocycles. The van der Waals surface area contributed by atoms with Crippen LogP contribution in [0.5, 0.6) is 11.5 Å². The molecule has 0 unspecified atom stereocenters. The fourth-order valence-corrected chi connectivity index (χ4v) is 3.11. The maximum Gasteiger partial charge on any atom is 0.337 e. The number of carbonyl (C=O) groups is 1. The second-order valence-electron chi connectivity index (χ2n) is 4.69. The zero-order valence-electron chi connectivity index (χ0n) is 13.4. The van der Waals surface area contributed by atoms with Gasteiger partial charge in [-0.15, -0.1) is 0 Å². The molecule has 0 amide bonds. The highest BCUT2D eigenvalue weighted by atomic mass is 32.2. The number of esters is 1. The molecule has 0 aliphatic heterocycles. The van der Waals surface area contributed by atoms with Crippen LogP contribution in [0.4, 0.5) is 5.69 Å². The van der Waals surface area contributed by atoms with Gasteiger partial charge in [0.1, 0.15) is 11.5 Å². The second-order valence-corrected chi connectivity index (χ2v) is 6.37. The predicted octanol–water partition coefficient (Wildman–Crippen LogP) is 2.29. The van der Waals surface area contributed by atoms with Gasteiger partial charge in [-0.05, 0) is 30.3 Å². The van der Waals surface area contributed by atoms with E-state index in [4.69, 9.17) is 9.47 Å². The first kappa shape index (κ1) is 17.6. The topological polar surface area (TPSA) is 90.9 Å². The molecule has 24 heavy (non-hydrogen) atoms. The third-order valence-electron chi connectivity index (χ3n) is 3.22. The number of nitrogens with one attached hydrogen (secondary N) is 1. The first-order valence-corrected chi connectivity index (χ1v) is 8.33. The van der Waals surface area contributed by atoms with Crippen LogP contribution in [0.1, 0.15) is 10.4 Å². The van der Waals surface area contributed by atoms with E-state index in [2.05, 4.69) is 9.46 Å². The highest BCUT2D eigenvalue weighted by Gasteiger charge is 2.19. The monoisotopic (exact) mass is 351 g/mol. The minimum Gasteiger partial charge on any atom is -0.497 e. The largest absolute Gasteiger partial charge is 0.497 e. The molecule has 0 bridgehead atoms. The highest BCUT2D eigenvalue weighted by molar-refractivity contribution is 7.92. The van der Waals surface area contributed by atoms with Crippen LogP contribution in [0.15, 0.2) is 47.4 Å². The molecule has 0 atom stereocenters. The second kappa shape index (κ2) is 7.22. The Morgan fingerprint density at radius 2 is 1.75 bits per heavy atom. The lowest BCUT2D eigenvalue weighted by atomic mass is 10.2. The van der Waals surface area contributed by atoms with Crippen LogP contribution in [0.25, 0.3) is 0 Å². The summed E-state index contributed by atoms with van der Waals surface area (Å²) in [5.74, 6) is 0.186. The Kier molecular flexibility index (Phi) is 5.30. The molecule has 0 saturated carbocycles. The van der Waals surface area contributed by atoms with Crippen molar-refractivity contribution in [3.63, 3.8) is 0 Å². The van der Waals surface area contributed by atoms with Crippen LogP contribution in [0.2, 0.25) is 0 Å². The van der Waals surface area contributed by atoms with E-state index < -0.39 is 16.0 Å². The average molecular weight is 351 g/mol. The Balaban J connectivity index is 2.40. The van der Waals surface area contributed by atoms with Crippen molar-refractivity contribution in [2.45, 2.75) is 4.90 Å². The first-order valence-electron chi connectivity index (χ1n) is 6.84. The molecule has 8 heteroatoms. The molecule has 0 heterocycles. The van der Waals surface area contributed by atoms with Crippen LogP contribution in [0.3, 0.4) is 0 Å². The van der Waals surface area contributed by atoms with Gasteiger partial charge < -0.3 is 14.2 Å². The minimum absolute atomic E-state index is 0.0738. The zero-order valence-corrected chi connectivity index (χ0v) is 14.2. The SMILES string of the molecule is COC(=O)c1cccc(S(=O)(=O)Nc2cc(OC)ccc2OC)c1. The summed E-state index contributed by atoms with van der Waals surface area (Å²) < 4.78 is 42.4. The summed E-state index contributed by atoms with van der Waals surface area (Å²) in [6.07, 6.45) is 0. The Bertz CT molecular complexity index is 847. The van der Waals surface area contributed by atoms with E-state index in [-0.39, 0.29) is 16.1 Å². The van der Waals surface area contributed by atoms with Crippen LogP contribution < -0.4 is 14.2 Å². The van der Waals surface area contributed by atoms with Crippen molar-refractivity contribution < 1.29 is 27.4 Å². The molecule has 1 N–H and O–H groups in total. The van der Waals surface area contributed by atoms with E-state index in [1.165, 1.54) is 51.7 Å². The van der Waals surface area contributed by atoms with Gasteiger partial charge in [0.25, 0.3) is 10.0 Å². The summed E-state index contributed by atoms with van der Waals surface area (Å²) in [6.45, 7) is 0. The van der Waals surface area contributed by atoms with E-state index in [1.807, 2.05) is 0 Å². The summed E-state index contributed by atoms with van der Waals surface area (Å²) in [5, 5.41) is 0. The molecule has 2 aromatic rings. The van der Waals surface area contributed by atoms with Crippen molar-refractivity contribution >= 4 is 21.7 Å². The molecular formula is C16H17NO6S. The summed E-state index contributed by atoms with van der Waals surface area (Å²) in [5.41, 5.74) is 0.360. The predicted molar refractivity (Wildman–Crippen MR) is 88.1 cm³/mol. The molecule has 0 aliphatic carbocycles. The van der Waals surface area contributed by atoms with E-state index in [1.54, 1.807) is 12.1 Å². The zero-order chi connectivity index (χ0) is 17.7. The smallest absolute Gasteiger partial charge is 0.337 e. The van der Waals surface area contributed by atoms with E-state index >= 15 is 0 Å². The summed E-state index contributed by atoms with van der Waals surface area (Å²) >= 11 is 0. The van der Waals surface area contributed by atoms with Gasteiger partial charge in [0.15, 0.2) is 0 Å². The summed E-state index contributed by atoms with van der Waals surface area (Å²) in [7, 11) is 0.197. The normalized spacial score (nSPS) is 10.8.